The van der Waals surface area contributed by atoms with Crippen LogP contribution in [0, 0.1) is 13.8 Å². The van der Waals surface area contributed by atoms with Gasteiger partial charge in [0.2, 0.25) is 0 Å². The van der Waals surface area contributed by atoms with Crippen LogP contribution < -0.4 is 14.5 Å². The van der Waals surface area contributed by atoms with E-state index in [1.807, 2.05) is 31.3 Å². The molecule has 3 aromatic carbocycles. The van der Waals surface area contributed by atoms with Gasteiger partial charge in [0.25, 0.3) is 0 Å². The molecule has 0 saturated heterocycles. The van der Waals surface area contributed by atoms with Crippen LogP contribution in [0.1, 0.15) is 25.1 Å². The average molecular weight is 526 g/mol. The second-order valence-corrected chi connectivity index (χ2v) is 10.8. The average Bonchev–Trinajstić information content (AvgIpc) is 3.49. The first-order chi connectivity index (χ1) is 19.5. The van der Waals surface area contributed by atoms with Crippen LogP contribution in [0.2, 0.25) is 0 Å². The van der Waals surface area contributed by atoms with Crippen molar-refractivity contribution in [2.75, 3.05) is 16.5 Å². The van der Waals surface area contributed by atoms with E-state index in [9.17, 15) is 0 Å². The zero-order valence-corrected chi connectivity index (χ0v) is 23.2. The van der Waals surface area contributed by atoms with Crippen LogP contribution in [-0.4, -0.2) is 27.2 Å². The monoisotopic (exact) mass is 525 g/mol. The molecule has 6 heteroatoms. The number of aromatic nitrogens is 3. The Balaban J connectivity index is 1.29. The quantitative estimate of drug-likeness (QED) is 0.226. The van der Waals surface area contributed by atoms with Gasteiger partial charge >= 0.3 is 0 Å². The third kappa shape index (κ3) is 4.04. The van der Waals surface area contributed by atoms with Crippen molar-refractivity contribution in [3.63, 3.8) is 0 Å². The second-order valence-electron chi connectivity index (χ2n) is 10.8. The molecule has 40 heavy (non-hydrogen) atoms. The molecular weight excluding hydrogens is 494 g/mol. The predicted molar refractivity (Wildman–Crippen MR) is 163 cm³/mol. The van der Waals surface area contributed by atoms with Crippen molar-refractivity contribution >= 4 is 39.0 Å². The summed E-state index contributed by atoms with van der Waals surface area (Å²) in [5, 5.41) is 2.36. The molecule has 0 atom stereocenters. The standard InChI is InChI=1S/C34H31N5O/c1-22(2)37-21-38(34-31(37)15-12-24(4)36-34)25-17-23(3)18-27(19-25)40-26-13-14-29-28-9-5-6-10-30(28)39(32(29)20-26)33-11-7-8-16-35-33/h5-20,22H,21H2,1-4H3. The number of para-hydroxylation sites is 1. The molecule has 0 spiro atoms. The highest BCUT2D eigenvalue weighted by Crippen LogP contribution is 2.42. The normalized spacial score (nSPS) is 13.0. The number of rotatable bonds is 5. The third-order valence-electron chi connectivity index (χ3n) is 7.58. The SMILES string of the molecule is Cc1cc(Oc2ccc3c4ccccc4n(-c4ccccn4)c3c2)cc(N2CN(C(C)C)c3ccc(C)nc32)c1. The van der Waals surface area contributed by atoms with Gasteiger partial charge in [0.05, 0.1) is 23.4 Å². The number of hydrogen-bond acceptors (Lipinski definition) is 5. The smallest absolute Gasteiger partial charge is 0.158 e. The molecule has 0 saturated carbocycles. The maximum atomic E-state index is 6.55. The fraction of sp³-hybridized carbons (Fsp3) is 0.176. The van der Waals surface area contributed by atoms with E-state index in [4.69, 9.17) is 9.72 Å². The van der Waals surface area contributed by atoms with E-state index < -0.39 is 0 Å². The first-order valence-corrected chi connectivity index (χ1v) is 13.7. The van der Waals surface area contributed by atoms with Gasteiger partial charge < -0.3 is 14.5 Å². The van der Waals surface area contributed by atoms with Gasteiger partial charge in [-0.05, 0) is 87.9 Å². The first kappa shape index (κ1) is 24.2. The highest BCUT2D eigenvalue weighted by atomic mass is 16.5. The Kier molecular flexibility index (Phi) is 5.70. The van der Waals surface area contributed by atoms with Gasteiger partial charge in [-0.1, -0.05) is 24.3 Å². The number of ether oxygens (including phenoxy) is 1. The summed E-state index contributed by atoms with van der Waals surface area (Å²) in [5.41, 5.74) is 6.56. The van der Waals surface area contributed by atoms with Crippen LogP contribution in [0.5, 0.6) is 11.5 Å². The Morgan fingerprint density at radius 2 is 1.60 bits per heavy atom. The van der Waals surface area contributed by atoms with Gasteiger partial charge in [-0.25, -0.2) is 9.97 Å². The minimum Gasteiger partial charge on any atom is -0.457 e. The van der Waals surface area contributed by atoms with Gasteiger partial charge in [0, 0.05) is 46.5 Å². The lowest BCUT2D eigenvalue weighted by Crippen LogP contribution is -2.33. The van der Waals surface area contributed by atoms with Crippen LogP contribution in [0.15, 0.2) is 97.2 Å². The lowest BCUT2D eigenvalue weighted by Gasteiger charge is -2.25. The molecular formula is C34H31N5O. The van der Waals surface area contributed by atoms with E-state index in [1.54, 1.807) is 0 Å². The summed E-state index contributed by atoms with van der Waals surface area (Å²) in [6.07, 6.45) is 1.83. The summed E-state index contributed by atoms with van der Waals surface area (Å²) >= 11 is 0. The molecule has 3 aromatic heterocycles. The molecule has 0 bridgehead atoms. The molecule has 4 heterocycles. The van der Waals surface area contributed by atoms with Crippen molar-refractivity contribution in [2.45, 2.75) is 33.7 Å². The molecule has 7 rings (SSSR count). The van der Waals surface area contributed by atoms with Crippen LogP contribution in [0.3, 0.4) is 0 Å². The second kappa shape index (κ2) is 9.42. The Morgan fingerprint density at radius 3 is 2.42 bits per heavy atom. The summed E-state index contributed by atoms with van der Waals surface area (Å²) in [5.74, 6) is 3.45. The molecule has 0 unspecified atom stereocenters. The molecule has 198 valence electrons. The maximum absolute atomic E-state index is 6.55. The molecule has 0 N–H and O–H groups in total. The fourth-order valence-electron chi connectivity index (χ4n) is 5.73. The number of anilines is 3. The highest BCUT2D eigenvalue weighted by Gasteiger charge is 2.30. The number of nitrogens with zero attached hydrogens (tertiary/aromatic N) is 5. The Morgan fingerprint density at radius 1 is 0.775 bits per heavy atom. The molecule has 0 radical (unpaired) electrons. The largest absolute Gasteiger partial charge is 0.457 e. The van der Waals surface area contributed by atoms with Crippen molar-refractivity contribution < 1.29 is 4.74 Å². The number of benzene rings is 3. The van der Waals surface area contributed by atoms with Crippen LogP contribution in [0.25, 0.3) is 27.6 Å². The summed E-state index contributed by atoms with van der Waals surface area (Å²) in [4.78, 5) is 14.2. The first-order valence-electron chi connectivity index (χ1n) is 13.7. The minimum atomic E-state index is 0.367. The lowest BCUT2D eigenvalue weighted by atomic mass is 10.1. The summed E-state index contributed by atoms with van der Waals surface area (Å²) in [6, 6.07) is 31.8. The molecule has 6 nitrogen and oxygen atoms in total. The number of pyridine rings is 2. The van der Waals surface area contributed by atoms with Gasteiger partial charge in [-0.3, -0.25) is 4.57 Å². The number of fused-ring (bicyclic) bond motifs is 4. The van der Waals surface area contributed by atoms with Crippen molar-refractivity contribution in [3.05, 3.63) is 108 Å². The number of aryl methyl sites for hydroxylation is 2. The number of hydrogen-bond donors (Lipinski definition) is 0. The zero-order chi connectivity index (χ0) is 27.4. The van der Waals surface area contributed by atoms with Gasteiger partial charge in [0.15, 0.2) is 5.82 Å². The third-order valence-corrected chi connectivity index (χ3v) is 7.58. The van der Waals surface area contributed by atoms with E-state index in [-0.39, 0.29) is 0 Å². The summed E-state index contributed by atoms with van der Waals surface area (Å²) < 4.78 is 8.75. The molecule has 0 fully saturated rings. The van der Waals surface area contributed by atoms with E-state index in [1.165, 1.54) is 10.8 Å². The van der Waals surface area contributed by atoms with Crippen LogP contribution >= 0.6 is 0 Å². The zero-order valence-electron chi connectivity index (χ0n) is 23.2. The van der Waals surface area contributed by atoms with Gasteiger partial charge in [-0.15, -0.1) is 0 Å². The maximum Gasteiger partial charge on any atom is 0.158 e. The molecule has 6 aromatic rings. The van der Waals surface area contributed by atoms with E-state index in [0.29, 0.717) is 6.04 Å². The predicted octanol–water partition coefficient (Wildman–Crippen LogP) is 8.31. The van der Waals surface area contributed by atoms with Gasteiger partial charge in [0.1, 0.15) is 17.3 Å². The lowest BCUT2D eigenvalue weighted by molar-refractivity contribution is 0.483. The highest BCUT2D eigenvalue weighted by molar-refractivity contribution is 6.09. The van der Waals surface area contributed by atoms with Crippen molar-refractivity contribution in [1.82, 2.24) is 14.5 Å². The molecule has 0 aliphatic carbocycles. The van der Waals surface area contributed by atoms with Crippen molar-refractivity contribution in [3.8, 4) is 17.3 Å². The van der Waals surface area contributed by atoms with Crippen LogP contribution in [-0.2, 0) is 0 Å². The van der Waals surface area contributed by atoms with E-state index in [0.717, 1.165) is 63.5 Å². The Hall–Kier alpha value is -4.84. The Labute approximate surface area is 234 Å². The summed E-state index contributed by atoms with van der Waals surface area (Å²) in [7, 11) is 0. The summed E-state index contributed by atoms with van der Waals surface area (Å²) in [6.45, 7) is 9.35. The van der Waals surface area contributed by atoms with Crippen LogP contribution in [0.4, 0.5) is 17.2 Å². The Bertz CT molecular complexity index is 1880. The van der Waals surface area contributed by atoms with E-state index in [2.05, 4.69) is 113 Å². The van der Waals surface area contributed by atoms with Crippen molar-refractivity contribution in [2.24, 2.45) is 0 Å². The van der Waals surface area contributed by atoms with Crippen molar-refractivity contribution in [1.29, 1.82) is 0 Å². The minimum absolute atomic E-state index is 0.367. The van der Waals surface area contributed by atoms with E-state index >= 15 is 0 Å². The molecule has 0 amide bonds. The van der Waals surface area contributed by atoms with Gasteiger partial charge in [-0.2, -0.15) is 0 Å². The molecule has 1 aliphatic heterocycles. The fourth-order valence-corrected chi connectivity index (χ4v) is 5.73. The topological polar surface area (TPSA) is 46.4 Å². The molecule has 1 aliphatic rings.